The van der Waals surface area contributed by atoms with E-state index in [0.29, 0.717) is 0 Å². The molecule has 1 spiro atoms. The maximum Gasteiger partial charge on any atom is 0.0978 e. The highest BCUT2D eigenvalue weighted by atomic mass is 16.5. The van der Waals surface area contributed by atoms with Crippen molar-refractivity contribution < 1.29 is 14.9 Å². The molecule has 3 heteroatoms. The van der Waals surface area contributed by atoms with Gasteiger partial charge in [-0.25, -0.2) is 0 Å². The molecule has 19 heavy (non-hydrogen) atoms. The zero-order valence-electron chi connectivity index (χ0n) is 12.3. The Hall–Kier alpha value is -0.380. The number of ether oxygens (including phenoxy) is 1. The van der Waals surface area contributed by atoms with Crippen LogP contribution >= 0.6 is 0 Å². The number of aliphatic hydroxyl groups is 2. The van der Waals surface area contributed by atoms with Crippen molar-refractivity contribution in [2.24, 2.45) is 10.8 Å². The summed E-state index contributed by atoms with van der Waals surface area (Å²) in [6, 6.07) is 0. The van der Waals surface area contributed by atoms with E-state index in [2.05, 4.69) is 19.9 Å². The van der Waals surface area contributed by atoms with Crippen LogP contribution in [0.2, 0.25) is 0 Å². The summed E-state index contributed by atoms with van der Waals surface area (Å²) in [6.07, 6.45) is 9.15. The van der Waals surface area contributed by atoms with Gasteiger partial charge in [-0.05, 0) is 46.0 Å². The predicted molar refractivity (Wildman–Crippen MR) is 73.8 cm³/mol. The molecule has 5 atom stereocenters. The lowest BCUT2D eigenvalue weighted by Gasteiger charge is -2.48. The molecule has 3 nitrogen and oxygen atoms in total. The fourth-order valence-electron chi connectivity index (χ4n) is 5.01. The van der Waals surface area contributed by atoms with Gasteiger partial charge in [-0.2, -0.15) is 0 Å². The van der Waals surface area contributed by atoms with Gasteiger partial charge in [-0.15, -0.1) is 0 Å². The van der Waals surface area contributed by atoms with E-state index >= 15 is 0 Å². The van der Waals surface area contributed by atoms with Gasteiger partial charge >= 0.3 is 0 Å². The SMILES string of the molecule is CC1OC2(CO)CCCC2(C)C12C=CC(C)(O)CC2. The van der Waals surface area contributed by atoms with Crippen LogP contribution in [0.3, 0.4) is 0 Å². The lowest BCUT2D eigenvalue weighted by atomic mass is 9.54. The Morgan fingerprint density at radius 1 is 1.16 bits per heavy atom. The third-order valence-electron chi connectivity index (χ3n) is 6.46. The van der Waals surface area contributed by atoms with Crippen molar-refractivity contribution in [2.75, 3.05) is 6.61 Å². The fraction of sp³-hybridized carbons (Fsp3) is 0.875. The second kappa shape index (κ2) is 3.84. The van der Waals surface area contributed by atoms with Gasteiger partial charge < -0.3 is 14.9 Å². The van der Waals surface area contributed by atoms with E-state index in [0.717, 1.165) is 32.1 Å². The highest BCUT2D eigenvalue weighted by molar-refractivity contribution is 5.27. The molecule has 1 saturated carbocycles. The first-order valence-electron chi connectivity index (χ1n) is 7.52. The zero-order valence-corrected chi connectivity index (χ0v) is 12.3. The second-order valence-corrected chi connectivity index (χ2v) is 7.33. The van der Waals surface area contributed by atoms with E-state index in [1.165, 1.54) is 0 Å². The molecule has 0 aromatic rings. The minimum absolute atomic E-state index is 0.0127. The van der Waals surface area contributed by atoms with Crippen molar-refractivity contribution in [3.05, 3.63) is 12.2 Å². The summed E-state index contributed by atoms with van der Waals surface area (Å²) in [7, 11) is 0. The number of hydrogen-bond acceptors (Lipinski definition) is 3. The first-order chi connectivity index (χ1) is 8.81. The van der Waals surface area contributed by atoms with Crippen LogP contribution in [0.5, 0.6) is 0 Å². The van der Waals surface area contributed by atoms with Crippen molar-refractivity contribution in [1.82, 2.24) is 0 Å². The fourth-order valence-corrected chi connectivity index (χ4v) is 5.01. The average Bonchev–Trinajstić information content (AvgIpc) is 2.75. The van der Waals surface area contributed by atoms with Gasteiger partial charge in [0.2, 0.25) is 0 Å². The largest absolute Gasteiger partial charge is 0.393 e. The molecule has 2 fully saturated rings. The van der Waals surface area contributed by atoms with E-state index in [9.17, 15) is 10.2 Å². The molecule has 0 radical (unpaired) electrons. The Balaban J connectivity index is 2.07. The molecule has 108 valence electrons. The molecule has 0 amide bonds. The van der Waals surface area contributed by atoms with Crippen LogP contribution in [-0.4, -0.2) is 34.1 Å². The van der Waals surface area contributed by atoms with Crippen LogP contribution in [0.25, 0.3) is 0 Å². The molecule has 1 saturated heterocycles. The summed E-state index contributed by atoms with van der Waals surface area (Å²) < 4.78 is 6.30. The molecule has 3 aliphatic rings. The highest BCUT2D eigenvalue weighted by Gasteiger charge is 2.70. The van der Waals surface area contributed by atoms with Crippen molar-refractivity contribution in [3.8, 4) is 0 Å². The van der Waals surface area contributed by atoms with Crippen molar-refractivity contribution in [2.45, 2.75) is 70.2 Å². The summed E-state index contributed by atoms with van der Waals surface area (Å²) >= 11 is 0. The number of rotatable bonds is 1. The first-order valence-corrected chi connectivity index (χ1v) is 7.52. The predicted octanol–water partition coefficient (Wildman–Crippen LogP) is 2.41. The van der Waals surface area contributed by atoms with Gasteiger partial charge in [0, 0.05) is 10.8 Å². The Labute approximate surface area is 115 Å². The van der Waals surface area contributed by atoms with Gasteiger partial charge in [-0.1, -0.05) is 19.1 Å². The van der Waals surface area contributed by atoms with E-state index in [-0.39, 0.29) is 29.1 Å². The smallest absolute Gasteiger partial charge is 0.0978 e. The molecule has 1 aliphatic heterocycles. The Bertz CT molecular complexity index is 416. The van der Waals surface area contributed by atoms with E-state index in [1.54, 1.807) is 0 Å². The normalized spacial score (nSPS) is 56.8. The second-order valence-electron chi connectivity index (χ2n) is 7.33. The van der Waals surface area contributed by atoms with E-state index in [4.69, 9.17) is 4.74 Å². The standard InChI is InChI=1S/C16H26O3/c1-12-15(9-7-13(2,18)8-10-15)14(3)5-4-6-16(14,11-17)19-12/h7,9,12,17-18H,4-6,8,10-11H2,1-3H3. The molecule has 3 rings (SSSR count). The van der Waals surface area contributed by atoms with Gasteiger partial charge in [-0.3, -0.25) is 0 Å². The van der Waals surface area contributed by atoms with Gasteiger partial charge in [0.05, 0.1) is 23.9 Å². The molecule has 0 aromatic heterocycles. The first kappa shape index (κ1) is 13.6. The van der Waals surface area contributed by atoms with Crippen LogP contribution in [-0.2, 0) is 4.74 Å². The number of fused-ring (bicyclic) bond motifs is 2. The molecule has 2 aliphatic carbocycles. The van der Waals surface area contributed by atoms with Crippen molar-refractivity contribution in [1.29, 1.82) is 0 Å². The summed E-state index contributed by atoms with van der Waals surface area (Å²) in [4.78, 5) is 0. The summed E-state index contributed by atoms with van der Waals surface area (Å²) in [6.45, 7) is 6.39. The Morgan fingerprint density at radius 2 is 1.89 bits per heavy atom. The van der Waals surface area contributed by atoms with Crippen molar-refractivity contribution >= 4 is 0 Å². The zero-order chi connectivity index (χ0) is 13.9. The molecule has 5 unspecified atom stereocenters. The van der Waals surface area contributed by atoms with Crippen LogP contribution in [0.1, 0.15) is 52.9 Å². The van der Waals surface area contributed by atoms with Gasteiger partial charge in [0.25, 0.3) is 0 Å². The lowest BCUT2D eigenvalue weighted by Crippen LogP contribution is -2.50. The van der Waals surface area contributed by atoms with Gasteiger partial charge in [0.1, 0.15) is 0 Å². The lowest BCUT2D eigenvalue weighted by molar-refractivity contribution is -0.0965. The number of aliphatic hydroxyl groups excluding tert-OH is 1. The monoisotopic (exact) mass is 266 g/mol. The Kier molecular flexibility index (Phi) is 2.74. The third kappa shape index (κ3) is 1.50. The van der Waals surface area contributed by atoms with Gasteiger partial charge in [0.15, 0.2) is 0 Å². The number of hydrogen-bond donors (Lipinski definition) is 2. The van der Waals surface area contributed by atoms with Crippen molar-refractivity contribution in [3.63, 3.8) is 0 Å². The average molecular weight is 266 g/mol. The molecule has 0 bridgehead atoms. The molecular formula is C16H26O3. The molecular weight excluding hydrogens is 240 g/mol. The summed E-state index contributed by atoms with van der Waals surface area (Å²) in [5, 5.41) is 20.1. The highest BCUT2D eigenvalue weighted by Crippen LogP contribution is 2.68. The molecule has 2 N–H and O–H groups in total. The van der Waals surface area contributed by atoms with Crippen LogP contribution in [0, 0.1) is 10.8 Å². The van der Waals surface area contributed by atoms with Crippen LogP contribution < -0.4 is 0 Å². The van der Waals surface area contributed by atoms with E-state index in [1.807, 2.05) is 13.0 Å². The van der Waals surface area contributed by atoms with Crippen LogP contribution in [0.4, 0.5) is 0 Å². The molecule has 1 heterocycles. The summed E-state index contributed by atoms with van der Waals surface area (Å²) in [5.74, 6) is 0. The minimum atomic E-state index is -0.690. The third-order valence-corrected chi connectivity index (χ3v) is 6.46. The topological polar surface area (TPSA) is 49.7 Å². The maximum atomic E-state index is 10.2. The summed E-state index contributed by atoms with van der Waals surface area (Å²) in [5.41, 5.74) is -1.11. The minimum Gasteiger partial charge on any atom is -0.393 e. The maximum absolute atomic E-state index is 10.2. The van der Waals surface area contributed by atoms with Crippen LogP contribution in [0.15, 0.2) is 12.2 Å². The van der Waals surface area contributed by atoms with E-state index < -0.39 is 5.60 Å². The molecule has 0 aromatic carbocycles. The quantitative estimate of drug-likeness (QED) is 0.717. The Morgan fingerprint density at radius 3 is 2.47 bits per heavy atom.